The van der Waals surface area contributed by atoms with Crippen molar-refractivity contribution in [3.63, 3.8) is 0 Å². The zero-order chi connectivity index (χ0) is 15.0. The van der Waals surface area contributed by atoms with Crippen molar-refractivity contribution in [1.82, 2.24) is 10.6 Å². The second-order valence-corrected chi connectivity index (χ2v) is 5.91. The summed E-state index contributed by atoms with van der Waals surface area (Å²) in [7, 11) is 0. The Balaban J connectivity index is 2.19. The minimum atomic E-state index is 0.0813. The van der Waals surface area contributed by atoms with Crippen molar-refractivity contribution in [3.8, 4) is 0 Å². The van der Waals surface area contributed by atoms with Gasteiger partial charge in [-0.15, -0.1) is 0 Å². The summed E-state index contributed by atoms with van der Waals surface area (Å²) in [6, 6.07) is 11.0. The highest BCUT2D eigenvalue weighted by atomic mass is 16.1. The van der Waals surface area contributed by atoms with Crippen molar-refractivity contribution >= 4 is 5.91 Å². The molecule has 1 aromatic rings. The highest BCUT2D eigenvalue weighted by molar-refractivity contribution is 5.78. The molecule has 2 N–H and O–H groups in total. The number of hydrogen-bond donors (Lipinski definition) is 2. The molecule has 0 heterocycles. The second kappa shape index (κ2) is 8.75. The number of carbonyl (C=O) groups is 1. The third-order valence-corrected chi connectivity index (χ3v) is 3.71. The van der Waals surface area contributed by atoms with Gasteiger partial charge in [0.1, 0.15) is 0 Å². The van der Waals surface area contributed by atoms with Gasteiger partial charge in [0, 0.05) is 12.1 Å². The van der Waals surface area contributed by atoms with Crippen LogP contribution in [-0.4, -0.2) is 24.5 Å². The molecule has 0 aromatic heterocycles. The summed E-state index contributed by atoms with van der Waals surface area (Å²) >= 11 is 0. The van der Waals surface area contributed by atoms with E-state index in [1.54, 1.807) is 0 Å². The van der Waals surface area contributed by atoms with Crippen molar-refractivity contribution in [1.29, 1.82) is 0 Å². The van der Waals surface area contributed by atoms with Gasteiger partial charge >= 0.3 is 0 Å². The molecule has 0 saturated heterocycles. The van der Waals surface area contributed by atoms with Crippen LogP contribution >= 0.6 is 0 Å². The van der Waals surface area contributed by atoms with E-state index >= 15 is 0 Å². The summed E-state index contributed by atoms with van der Waals surface area (Å²) in [6.07, 6.45) is 2.08. The number of carbonyl (C=O) groups excluding carboxylic acids is 1. The Morgan fingerprint density at radius 2 is 1.75 bits per heavy atom. The number of benzene rings is 1. The predicted octanol–water partition coefficient (Wildman–Crippen LogP) is 2.76. The monoisotopic (exact) mass is 276 g/mol. The smallest absolute Gasteiger partial charge is 0.234 e. The molecule has 3 nitrogen and oxygen atoms in total. The van der Waals surface area contributed by atoms with Crippen LogP contribution in [0.5, 0.6) is 0 Å². The Morgan fingerprint density at radius 3 is 2.35 bits per heavy atom. The molecular weight excluding hydrogens is 248 g/mol. The van der Waals surface area contributed by atoms with Gasteiger partial charge in [-0.05, 0) is 38.2 Å². The fourth-order valence-corrected chi connectivity index (χ4v) is 1.87. The average Bonchev–Trinajstić information content (AvgIpc) is 2.43. The molecule has 0 radical (unpaired) electrons. The van der Waals surface area contributed by atoms with E-state index in [0.29, 0.717) is 18.5 Å². The molecule has 0 aliphatic heterocycles. The molecule has 0 aliphatic rings. The first kappa shape index (κ1) is 16.7. The lowest BCUT2D eigenvalue weighted by Crippen LogP contribution is -2.43. The second-order valence-electron chi connectivity index (χ2n) is 5.91. The molecule has 0 fully saturated rings. The molecule has 0 aliphatic carbocycles. The third kappa shape index (κ3) is 6.71. The summed E-state index contributed by atoms with van der Waals surface area (Å²) in [5.74, 6) is 0.548. The van der Waals surface area contributed by atoms with Crippen molar-refractivity contribution in [2.45, 2.75) is 52.6 Å². The summed E-state index contributed by atoms with van der Waals surface area (Å²) < 4.78 is 0. The fraction of sp³-hybridized carbons (Fsp3) is 0.588. The van der Waals surface area contributed by atoms with Crippen LogP contribution in [0.3, 0.4) is 0 Å². The summed E-state index contributed by atoms with van der Waals surface area (Å²) in [4.78, 5) is 11.8. The van der Waals surface area contributed by atoms with Gasteiger partial charge in [-0.1, -0.05) is 44.2 Å². The van der Waals surface area contributed by atoms with E-state index in [4.69, 9.17) is 0 Å². The van der Waals surface area contributed by atoms with Gasteiger partial charge in [-0.3, -0.25) is 4.79 Å². The maximum absolute atomic E-state index is 11.8. The van der Waals surface area contributed by atoms with Gasteiger partial charge in [-0.25, -0.2) is 0 Å². The molecule has 0 saturated carbocycles. The van der Waals surface area contributed by atoms with Crippen molar-refractivity contribution in [2.75, 3.05) is 6.54 Å². The molecule has 1 rings (SSSR count). The van der Waals surface area contributed by atoms with E-state index in [1.807, 2.05) is 13.0 Å². The number of aryl methyl sites for hydroxylation is 1. The Hall–Kier alpha value is -1.35. The molecule has 112 valence electrons. The van der Waals surface area contributed by atoms with Crippen LogP contribution in [0.2, 0.25) is 0 Å². The average molecular weight is 276 g/mol. The maximum Gasteiger partial charge on any atom is 0.234 e. The van der Waals surface area contributed by atoms with Crippen LogP contribution in [0, 0.1) is 5.92 Å². The van der Waals surface area contributed by atoms with Gasteiger partial charge < -0.3 is 10.6 Å². The molecular formula is C17H28N2O. The maximum atomic E-state index is 11.8. The molecule has 3 heteroatoms. The molecule has 0 spiro atoms. The standard InChI is InChI=1S/C17H28N2O/c1-13(2)15(4)19-17(20)12-18-14(3)10-11-16-8-6-5-7-9-16/h5-9,13-15,18H,10-12H2,1-4H3,(H,19,20). The van der Waals surface area contributed by atoms with Gasteiger partial charge in [-0.2, -0.15) is 0 Å². The predicted molar refractivity (Wildman–Crippen MR) is 84.7 cm³/mol. The van der Waals surface area contributed by atoms with Crippen LogP contribution in [0.1, 0.15) is 39.7 Å². The fourth-order valence-electron chi connectivity index (χ4n) is 1.87. The lowest BCUT2D eigenvalue weighted by atomic mass is 10.1. The topological polar surface area (TPSA) is 41.1 Å². The van der Waals surface area contributed by atoms with E-state index in [2.05, 4.69) is 55.7 Å². The van der Waals surface area contributed by atoms with E-state index in [1.165, 1.54) is 5.56 Å². The molecule has 0 bridgehead atoms. The lowest BCUT2D eigenvalue weighted by molar-refractivity contribution is -0.121. The number of amides is 1. The Labute approximate surface area is 123 Å². The van der Waals surface area contributed by atoms with Gasteiger partial charge in [0.2, 0.25) is 5.91 Å². The van der Waals surface area contributed by atoms with Crippen molar-refractivity contribution in [2.24, 2.45) is 5.92 Å². The largest absolute Gasteiger partial charge is 0.352 e. The van der Waals surface area contributed by atoms with E-state index in [0.717, 1.165) is 12.8 Å². The summed E-state index contributed by atoms with van der Waals surface area (Å²) in [6.45, 7) is 8.79. The first-order valence-electron chi connectivity index (χ1n) is 7.55. The van der Waals surface area contributed by atoms with Crippen LogP contribution in [0.25, 0.3) is 0 Å². The van der Waals surface area contributed by atoms with E-state index < -0.39 is 0 Å². The molecule has 1 amide bonds. The van der Waals surface area contributed by atoms with E-state index in [9.17, 15) is 4.79 Å². The normalized spacial score (nSPS) is 14.1. The quantitative estimate of drug-likeness (QED) is 0.766. The molecule has 2 unspecified atom stereocenters. The summed E-state index contributed by atoms with van der Waals surface area (Å²) in [5.41, 5.74) is 1.35. The van der Waals surface area contributed by atoms with E-state index in [-0.39, 0.29) is 11.9 Å². The van der Waals surface area contributed by atoms with Crippen molar-refractivity contribution in [3.05, 3.63) is 35.9 Å². The van der Waals surface area contributed by atoms with Crippen LogP contribution in [0.15, 0.2) is 30.3 Å². The highest BCUT2D eigenvalue weighted by Gasteiger charge is 2.11. The number of hydrogen-bond acceptors (Lipinski definition) is 2. The highest BCUT2D eigenvalue weighted by Crippen LogP contribution is 2.04. The third-order valence-electron chi connectivity index (χ3n) is 3.71. The minimum Gasteiger partial charge on any atom is -0.352 e. The Morgan fingerprint density at radius 1 is 1.10 bits per heavy atom. The molecule has 20 heavy (non-hydrogen) atoms. The molecule has 2 atom stereocenters. The first-order valence-corrected chi connectivity index (χ1v) is 7.55. The van der Waals surface area contributed by atoms with Crippen molar-refractivity contribution < 1.29 is 4.79 Å². The zero-order valence-corrected chi connectivity index (χ0v) is 13.1. The Kier molecular flexibility index (Phi) is 7.31. The number of nitrogens with one attached hydrogen (secondary N) is 2. The Bertz CT molecular complexity index is 389. The lowest BCUT2D eigenvalue weighted by Gasteiger charge is -2.19. The number of rotatable bonds is 8. The van der Waals surface area contributed by atoms with Crippen LogP contribution in [0.4, 0.5) is 0 Å². The van der Waals surface area contributed by atoms with Crippen LogP contribution in [-0.2, 0) is 11.2 Å². The van der Waals surface area contributed by atoms with Gasteiger partial charge in [0.25, 0.3) is 0 Å². The zero-order valence-electron chi connectivity index (χ0n) is 13.1. The SMILES string of the molecule is CC(CCc1ccccc1)NCC(=O)NC(C)C(C)C. The first-order chi connectivity index (χ1) is 9.49. The molecule has 1 aromatic carbocycles. The van der Waals surface area contributed by atoms with Gasteiger partial charge in [0.05, 0.1) is 6.54 Å². The van der Waals surface area contributed by atoms with Gasteiger partial charge in [0.15, 0.2) is 0 Å². The van der Waals surface area contributed by atoms with Crippen LogP contribution < -0.4 is 10.6 Å². The minimum absolute atomic E-state index is 0.0813. The summed E-state index contributed by atoms with van der Waals surface area (Å²) in [5, 5.41) is 6.29.